The number of nitrogens with one attached hydrogen (secondary N) is 4. The van der Waals surface area contributed by atoms with Crippen molar-refractivity contribution in [2.75, 3.05) is 5.32 Å². The molecular weight excluding hydrogens is 319 g/mol. The average Bonchev–Trinajstić information content (AvgIpc) is 2.53. The highest BCUT2D eigenvalue weighted by molar-refractivity contribution is 7.80. The third kappa shape index (κ3) is 5.63. The predicted octanol–water partition coefficient (Wildman–Crippen LogP) is 2.69. The van der Waals surface area contributed by atoms with Crippen molar-refractivity contribution in [3.05, 3.63) is 66.0 Å². The highest BCUT2D eigenvalue weighted by atomic mass is 32.1. The molecule has 22 heavy (non-hydrogen) atoms. The smallest absolute Gasteiger partial charge is 0.189 e. The van der Waals surface area contributed by atoms with Gasteiger partial charge in [0, 0.05) is 12.2 Å². The normalized spacial score (nSPS) is 9.68. The van der Waals surface area contributed by atoms with Gasteiger partial charge in [0.15, 0.2) is 10.2 Å². The molecular formula is C15H15FN4S2. The summed E-state index contributed by atoms with van der Waals surface area (Å²) in [6, 6.07) is 15.8. The average molecular weight is 334 g/mol. The monoisotopic (exact) mass is 334 g/mol. The van der Waals surface area contributed by atoms with Crippen LogP contribution in [0.2, 0.25) is 0 Å². The highest BCUT2D eigenvalue weighted by Crippen LogP contribution is 2.04. The number of hydrogen-bond acceptors (Lipinski definition) is 2. The first-order valence-corrected chi connectivity index (χ1v) is 7.35. The fourth-order valence-electron chi connectivity index (χ4n) is 1.63. The number of hydrogen-bond donors (Lipinski definition) is 4. The first-order valence-electron chi connectivity index (χ1n) is 6.54. The standard InChI is InChI=1S/C15H15FN4S2/c16-12-8-6-11(7-9-12)10-17-14(21)19-20-15(22)18-13-4-2-1-3-5-13/h1-9H,10H2,(H2,17,19,21)(H2,18,20,22). The number of anilines is 1. The van der Waals surface area contributed by atoms with Gasteiger partial charge in [0.05, 0.1) is 0 Å². The van der Waals surface area contributed by atoms with Gasteiger partial charge >= 0.3 is 0 Å². The summed E-state index contributed by atoms with van der Waals surface area (Å²) < 4.78 is 12.8. The molecule has 2 aromatic carbocycles. The van der Waals surface area contributed by atoms with Crippen LogP contribution < -0.4 is 21.5 Å². The Labute approximate surface area is 139 Å². The first-order chi connectivity index (χ1) is 10.6. The minimum absolute atomic E-state index is 0.261. The van der Waals surface area contributed by atoms with Crippen molar-refractivity contribution in [2.45, 2.75) is 6.54 Å². The van der Waals surface area contributed by atoms with Crippen molar-refractivity contribution in [1.82, 2.24) is 16.2 Å². The highest BCUT2D eigenvalue weighted by Gasteiger charge is 1.99. The lowest BCUT2D eigenvalue weighted by atomic mass is 10.2. The van der Waals surface area contributed by atoms with Gasteiger partial charge in [0.2, 0.25) is 0 Å². The minimum Gasteiger partial charge on any atom is -0.357 e. The number of benzene rings is 2. The zero-order valence-corrected chi connectivity index (χ0v) is 13.2. The molecule has 0 spiro atoms. The summed E-state index contributed by atoms with van der Waals surface area (Å²) in [6.45, 7) is 0.493. The lowest BCUT2D eigenvalue weighted by Gasteiger charge is -2.14. The maximum Gasteiger partial charge on any atom is 0.189 e. The molecule has 0 radical (unpaired) electrons. The van der Waals surface area contributed by atoms with E-state index in [0.717, 1.165) is 11.3 Å². The molecule has 0 atom stereocenters. The van der Waals surface area contributed by atoms with Gasteiger partial charge in [-0.15, -0.1) is 0 Å². The maximum absolute atomic E-state index is 12.8. The quantitative estimate of drug-likeness (QED) is 0.511. The van der Waals surface area contributed by atoms with E-state index < -0.39 is 0 Å². The second kappa shape index (κ2) is 8.26. The third-order valence-electron chi connectivity index (χ3n) is 2.69. The molecule has 0 aromatic heterocycles. The molecule has 0 heterocycles. The molecule has 0 fully saturated rings. The number of halogens is 1. The van der Waals surface area contributed by atoms with Crippen molar-refractivity contribution in [3.63, 3.8) is 0 Å². The Hall–Kier alpha value is -2.25. The van der Waals surface area contributed by atoms with E-state index >= 15 is 0 Å². The Kier molecular flexibility index (Phi) is 6.05. The van der Waals surface area contributed by atoms with Gasteiger partial charge in [0.25, 0.3) is 0 Å². The van der Waals surface area contributed by atoms with Crippen LogP contribution in [-0.2, 0) is 6.54 Å². The molecule has 0 aliphatic heterocycles. The lowest BCUT2D eigenvalue weighted by Crippen LogP contribution is -2.47. The van der Waals surface area contributed by atoms with Crippen LogP contribution in [0.4, 0.5) is 10.1 Å². The fraction of sp³-hybridized carbons (Fsp3) is 0.0667. The van der Waals surface area contributed by atoms with Gasteiger partial charge < -0.3 is 10.6 Å². The van der Waals surface area contributed by atoms with Crippen molar-refractivity contribution >= 4 is 40.3 Å². The molecule has 0 saturated carbocycles. The molecule has 0 unspecified atom stereocenters. The molecule has 0 saturated heterocycles. The molecule has 0 amide bonds. The summed E-state index contributed by atoms with van der Waals surface area (Å²) in [5, 5.41) is 6.78. The molecule has 114 valence electrons. The number of para-hydroxylation sites is 1. The van der Waals surface area contributed by atoms with Gasteiger partial charge in [-0.2, -0.15) is 0 Å². The fourth-order valence-corrected chi connectivity index (χ4v) is 1.92. The molecule has 2 rings (SSSR count). The van der Waals surface area contributed by atoms with Crippen LogP contribution in [0.25, 0.3) is 0 Å². The molecule has 4 N–H and O–H groups in total. The lowest BCUT2D eigenvalue weighted by molar-refractivity contribution is 0.626. The van der Waals surface area contributed by atoms with Crippen LogP contribution in [0.5, 0.6) is 0 Å². The van der Waals surface area contributed by atoms with Crippen LogP contribution in [-0.4, -0.2) is 10.2 Å². The second-order valence-electron chi connectivity index (χ2n) is 4.38. The predicted molar refractivity (Wildman–Crippen MR) is 94.8 cm³/mol. The Bertz CT molecular complexity index is 632. The van der Waals surface area contributed by atoms with E-state index in [9.17, 15) is 4.39 Å². The van der Waals surface area contributed by atoms with Gasteiger partial charge in [-0.25, -0.2) is 4.39 Å². The maximum atomic E-state index is 12.8. The Morgan fingerprint density at radius 2 is 1.50 bits per heavy atom. The Balaban J connectivity index is 1.69. The van der Waals surface area contributed by atoms with Gasteiger partial charge in [-0.1, -0.05) is 30.3 Å². The van der Waals surface area contributed by atoms with Crippen LogP contribution in [0.1, 0.15) is 5.56 Å². The van der Waals surface area contributed by atoms with Gasteiger partial charge in [0.1, 0.15) is 5.82 Å². The second-order valence-corrected chi connectivity index (χ2v) is 5.20. The van der Waals surface area contributed by atoms with E-state index in [1.165, 1.54) is 12.1 Å². The van der Waals surface area contributed by atoms with E-state index in [4.69, 9.17) is 24.4 Å². The molecule has 7 heteroatoms. The van der Waals surface area contributed by atoms with Crippen LogP contribution in [0.15, 0.2) is 54.6 Å². The molecule has 0 aliphatic rings. The summed E-state index contributed by atoms with van der Waals surface area (Å²) in [7, 11) is 0. The van der Waals surface area contributed by atoms with E-state index in [-0.39, 0.29) is 5.82 Å². The topological polar surface area (TPSA) is 48.1 Å². The van der Waals surface area contributed by atoms with Gasteiger partial charge in [-0.05, 0) is 54.3 Å². The van der Waals surface area contributed by atoms with E-state index in [1.54, 1.807) is 12.1 Å². The summed E-state index contributed by atoms with van der Waals surface area (Å²) in [5.74, 6) is -0.261. The summed E-state index contributed by atoms with van der Waals surface area (Å²) >= 11 is 10.2. The summed E-state index contributed by atoms with van der Waals surface area (Å²) in [6.07, 6.45) is 0. The SMILES string of the molecule is Fc1ccc(CNC(=S)NNC(=S)Nc2ccccc2)cc1. The van der Waals surface area contributed by atoms with Crippen LogP contribution in [0.3, 0.4) is 0 Å². The van der Waals surface area contributed by atoms with Crippen molar-refractivity contribution < 1.29 is 4.39 Å². The molecule has 4 nitrogen and oxygen atoms in total. The molecule has 0 aliphatic carbocycles. The van der Waals surface area contributed by atoms with Crippen molar-refractivity contribution in [2.24, 2.45) is 0 Å². The van der Waals surface area contributed by atoms with Crippen LogP contribution in [0, 0.1) is 5.82 Å². The van der Waals surface area contributed by atoms with E-state index in [1.807, 2.05) is 30.3 Å². The minimum atomic E-state index is -0.261. The first kappa shape index (κ1) is 16.1. The number of rotatable bonds is 3. The zero-order chi connectivity index (χ0) is 15.8. The van der Waals surface area contributed by atoms with Gasteiger partial charge in [-0.3, -0.25) is 10.9 Å². The van der Waals surface area contributed by atoms with Crippen molar-refractivity contribution in [1.29, 1.82) is 0 Å². The molecule has 0 bridgehead atoms. The van der Waals surface area contributed by atoms with Crippen LogP contribution >= 0.6 is 24.4 Å². The van der Waals surface area contributed by atoms with E-state index in [2.05, 4.69) is 21.5 Å². The Morgan fingerprint density at radius 3 is 2.18 bits per heavy atom. The number of hydrazine groups is 1. The zero-order valence-electron chi connectivity index (χ0n) is 11.6. The van der Waals surface area contributed by atoms with Crippen molar-refractivity contribution in [3.8, 4) is 0 Å². The van der Waals surface area contributed by atoms with E-state index in [0.29, 0.717) is 16.8 Å². The summed E-state index contributed by atoms with van der Waals surface area (Å²) in [5.41, 5.74) is 7.37. The molecule has 2 aromatic rings. The Morgan fingerprint density at radius 1 is 0.864 bits per heavy atom. The summed E-state index contributed by atoms with van der Waals surface area (Å²) in [4.78, 5) is 0. The number of thiocarbonyl (C=S) groups is 2. The largest absolute Gasteiger partial charge is 0.357 e. The third-order valence-corrected chi connectivity index (χ3v) is 3.14.